The molecule has 8 rings (SSSR count). The van der Waals surface area contributed by atoms with Gasteiger partial charge in [-0.15, -0.1) is 0 Å². The van der Waals surface area contributed by atoms with Crippen molar-refractivity contribution < 1.29 is 92.7 Å². The quantitative estimate of drug-likeness (QED) is 0.0329. The summed E-state index contributed by atoms with van der Waals surface area (Å²) < 4.78 is 23.8. The Morgan fingerprint density at radius 1 is 0.747 bits per heavy atom. The predicted molar refractivity (Wildman–Crippen MR) is 324 cm³/mol. The van der Waals surface area contributed by atoms with E-state index in [0.29, 0.717) is 18.5 Å². The summed E-state index contributed by atoms with van der Waals surface area (Å²) in [5.74, 6) is -9.23. The molecule has 2 aliphatic heterocycles. The van der Waals surface area contributed by atoms with Crippen molar-refractivity contribution in [3.63, 3.8) is 0 Å². The van der Waals surface area contributed by atoms with Gasteiger partial charge < -0.3 is 86.8 Å². The van der Waals surface area contributed by atoms with E-state index in [1.54, 1.807) is 44.2 Å². The van der Waals surface area contributed by atoms with Crippen molar-refractivity contribution in [2.45, 2.75) is 159 Å². The fraction of sp³-hybridized carbons (Fsp3) is 0.492. The highest BCUT2D eigenvalue weighted by Crippen LogP contribution is 2.52. The molecule has 0 spiro atoms. The van der Waals surface area contributed by atoms with E-state index < -0.39 is 169 Å². The van der Waals surface area contributed by atoms with Gasteiger partial charge >= 0.3 is 0 Å². The van der Waals surface area contributed by atoms with Gasteiger partial charge in [0.05, 0.1) is 67.9 Å². The summed E-state index contributed by atoms with van der Waals surface area (Å²) >= 11 is 0. The Hall–Kier alpha value is -8.37. The Kier molecular flexibility index (Phi) is 22.7. The van der Waals surface area contributed by atoms with Crippen molar-refractivity contribution in [3.05, 3.63) is 117 Å². The molecule has 91 heavy (non-hydrogen) atoms. The molecule has 0 radical (unpaired) electrons. The number of methoxy groups -OCH3 is 1. The first-order valence-electron chi connectivity index (χ1n) is 30.4. The van der Waals surface area contributed by atoms with Crippen LogP contribution in [0.3, 0.4) is 0 Å². The second-order valence-electron chi connectivity index (χ2n) is 24.4. The Labute approximate surface area is 525 Å². The summed E-state index contributed by atoms with van der Waals surface area (Å²) in [4.78, 5) is 126. The number of ketones is 3. The van der Waals surface area contributed by atoms with Gasteiger partial charge in [-0.2, -0.15) is 0 Å². The van der Waals surface area contributed by atoms with Crippen LogP contribution in [0.25, 0.3) is 0 Å². The molecule has 26 heteroatoms. The number of rotatable bonds is 27. The third-order valence-electron chi connectivity index (χ3n) is 16.6. The molecule has 4 aliphatic rings. The number of nitrogens with one attached hydrogen (secondary N) is 7. The smallest absolute Gasteiger partial charge is 0.245 e. The normalized spacial score (nSPS) is 22.3. The summed E-state index contributed by atoms with van der Waals surface area (Å²) in [6, 6.07) is 12.0. The maximum Gasteiger partial charge on any atom is 0.245 e. The van der Waals surface area contributed by atoms with Crippen molar-refractivity contribution in [3.8, 4) is 23.0 Å². The highest BCUT2D eigenvalue weighted by molar-refractivity contribution is 6.31. The zero-order valence-electron chi connectivity index (χ0n) is 51.5. The van der Waals surface area contributed by atoms with Crippen LogP contribution in [-0.2, 0) is 67.2 Å². The van der Waals surface area contributed by atoms with Gasteiger partial charge in [0, 0.05) is 42.4 Å². The number of amides is 6. The minimum atomic E-state index is -2.47. The second kappa shape index (κ2) is 30.2. The van der Waals surface area contributed by atoms with Crippen molar-refractivity contribution in [1.29, 1.82) is 0 Å². The standard InChI is InChI=1S/C65H81N7O19/c1-32(2)22-42(70-61(83)40-15-11-21-66-40)60(82)67-28-49(76)68-45(31-89-30-36-12-8-7-9-13-36)64(86)72-44(24-35-17-19-37(74)20-18-35)63(85)71-43(23-33(3)4)62(84)69-41-25-50(90-34(5)55(41)77)91-47-27-65(87,48(75)29-73)26-39-52(47)59(81)54-53(57(39)79)56(78)38-14-10-16-46(88-6)51(38)58(54)80/h7-10,12-14,16-20,32-34,40-45,47,50,55,66,73-74,77,79,81,87H,11,15,21-31H2,1-6H3,(H,67,82)(H,68,76)(H,69,84)(H,70,83)(H,71,85)(H,72,86)/t34-,40-,41-,42-,43-,44-,45-,47-,50-,55+,65-/m0/s1. The SMILES string of the molecule is COc1cccc2c1C(=O)c1c(O)c3c(c(O)c1C2=O)C[C@@](O)(C(=O)CO)C[C@@H]3O[C@H]1C[C@H](NC(=O)[C@H](CC(C)C)NC(=O)[C@H](Cc2ccc(O)cc2)NC(=O)[C@H](COCc2ccccc2)NC(=O)CNC(=O)[C@H](CC(C)C)NC(=O)[C@@H]2CCCN2)[C@H](O)[C@H](C)O1. The fourth-order valence-electron chi connectivity index (χ4n) is 11.9. The number of ether oxygens (including phenoxy) is 4. The topological polar surface area (TPSA) is 396 Å². The molecule has 0 unspecified atom stereocenters. The molecule has 13 N–H and O–H groups in total. The Morgan fingerprint density at radius 3 is 2.05 bits per heavy atom. The molecular formula is C65H81N7O19. The van der Waals surface area contributed by atoms with E-state index in [1.807, 2.05) is 13.8 Å². The van der Waals surface area contributed by atoms with Gasteiger partial charge in [-0.25, -0.2) is 0 Å². The number of phenols is 3. The minimum absolute atomic E-state index is 0.00210. The number of aromatic hydroxyl groups is 3. The summed E-state index contributed by atoms with van der Waals surface area (Å²) in [6.07, 6.45) is -5.97. The molecule has 2 fully saturated rings. The lowest BCUT2D eigenvalue weighted by Crippen LogP contribution is -2.61. The average molecular weight is 1260 g/mol. The number of fused-ring (bicyclic) bond motifs is 3. The summed E-state index contributed by atoms with van der Waals surface area (Å²) in [5, 5.41) is 86.8. The molecule has 490 valence electrons. The van der Waals surface area contributed by atoms with Crippen LogP contribution < -0.4 is 42.0 Å². The van der Waals surface area contributed by atoms with Crippen LogP contribution in [0.2, 0.25) is 0 Å². The van der Waals surface area contributed by atoms with Crippen LogP contribution in [0.15, 0.2) is 72.8 Å². The van der Waals surface area contributed by atoms with E-state index in [-0.39, 0.29) is 83.8 Å². The lowest BCUT2D eigenvalue weighted by molar-refractivity contribution is -0.249. The van der Waals surface area contributed by atoms with Gasteiger partial charge in [0.2, 0.25) is 41.2 Å². The number of phenolic OH excluding ortho intramolecular Hbond substituents is 3. The van der Waals surface area contributed by atoms with Gasteiger partial charge in [0.25, 0.3) is 0 Å². The molecule has 4 aromatic rings. The van der Waals surface area contributed by atoms with Crippen LogP contribution in [0.4, 0.5) is 0 Å². The molecule has 11 atom stereocenters. The first-order valence-corrected chi connectivity index (χ1v) is 30.4. The molecule has 2 saturated heterocycles. The predicted octanol–water partition coefficient (Wildman–Crippen LogP) is 1.22. The molecule has 2 aliphatic carbocycles. The van der Waals surface area contributed by atoms with Gasteiger partial charge in [-0.05, 0) is 80.3 Å². The lowest BCUT2D eigenvalue weighted by Gasteiger charge is -2.43. The Bertz CT molecular complexity index is 3360. The molecule has 2 heterocycles. The van der Waals surface area contributed by atoms with Gasteiger partial charge in [-0.3, -0.25) is 43.2 Å². The number of hydrogen-bond acceptors (Lipinski definition) is 20. The number of aliphatic hydroxyl groups excluding tert-OH is 2. The maximum atomic E-state index is 14.8. The number of aliphatic hydroxyl groups is 3. The molecule has 0 bridgehead atoms. The lowest BCUT2D eigenvalue weighted by atomic mass is 9.72. The molecule has 0 saturated carbocycles. The highest BCUT2D eigenvalue weighted by atomic mass is 16.7. The maximum absolute atomic E-state index is 14.8. The monoisotopic (exact) mass is 1260 g/mol. The molecule has 4 aromatic carbocycles. The summed E-state index contributed by atoms with van der Waals surface area (Å²) in [7, 11) is 1.28. The molecular weight excluding hydrogens is 1180 g/mol. The van der Waals surface area contributed by atoms with Crippen molar-refractivity contribution in [2.24, 2.45) is 11.8 Å². The van der Waals surface area contributed by atoms with Crippen LogP contribution in [0.5, 0.6) is 23.0 Å². The average Bonchev–Trinajstić information content (AvgIpc) is 0.852. The largest absolute Gasteiger partial charge is 0.508 e. The third-order valence-corrected chi connectivity index (χ3v) is 16.6. The highest BCUT2D eigenvalue weighted by Gasteiger charge is 2.51. The molecule has 26 nitrogen and oxygen atoms in total. The Balaban J connectivity index is 1.01. The zero-order valence-corrected chi connectivity index (χ0v) is 51.5. The number of hydrogen-bond donors (Lipinski definition) is 13. The summed E-state index contributed by atoms with van der Waals surface area (Å²) in [5.41, 5.74) is -3.45. The van der Waals surface area contributed by atoms with Gasteiger partial charge in [0.15, 0.2) is 17.9 Å². The van der Waals surface area contributed by atoms with Crippen molar-refractivity contribution >= 4 is 52.8 Å². The number of carbonyl (C=O) groups is 9. The van der Waals surface area contributed by atoms with E-state index in [4.69, 9.17) is 18.9 Å². The first kappa shape index (κ1) is 68.5. The van der Waals surface area contributed by atoms with Crippen LogP contribution in [0, 0.1) is 11.8 Å². The number of Topliss-reactive ketones (excluding diaryl/α,β-unsaturated/α-hetero) is 1. The first-order chi connectivity index (χ1) is 43.3. The fourth-order valence-corrected chi connectivity index (χ4v) is 11.9. The Morgan fingerprint density at radius 2 is 1.41 bits per heavy atom. The van der Waals surface area contributed by atoms with Crippen LogP contribution >= 0.6 is 0 Å². The third kappa shape index (κ3) is 16.4. The van der Waals surface area contributed by atoms with E-state index in [1.165, 1.54) is 56.5 Å². The van der Waals surface area contributed by atoms with Crippen molar-refractivity contribution in [2.75, 3.05) is 33.4 Å². The van der Waals surface area contributed by atoms with E-state index in [9.17, 15) is 73.8 Å². The number of carbonyl (C=O) groups excluding carboxylic acids is 9. The van der Waals surface area contributed by atoms with E-state index in [0.717, 1.165) is 12.0 Å². The van der Waals surface area contributed by atoms with Gasteiger partial charge in [0.1, 0.15) is 65.5 Å². The van der Waals surface area contributed by atoms with Gasteiger partial charge in [-0.1, -0.05) is 82.3 Å². The minimum Gasteiger partial charge on any atom is -0.508 e. The van der Waals surface area contributed by atoms with Crippen molar-refractivity contribution in [1.82, 2.24) is 37.2 Å². The van der Waals surface area contributed by atoms with Crippen LogP contribution in [-0.4, -0.2) is 177 Å². The van der Waals surface area contributed by atoms with E-state index >= 15 is 0 Å². The second-order valence-corrected chi connectivity index (χ2v) is 24.4. The molecule has 0 aromatic heterocycles. The number of benzene rings is 4. The van der Waals surface area contributed by atoms with E-state index in [2.05, 4.69) is 37.2 Å². The summed E-state index contributed by atoms with van der Waals surface area (Å²) in [6.45, 7) is 7.26. The molecule has 6 amide bonds. The zero-order chi connectivity index (χ0) is 66.0. The van der Waals surface area contributed by atoms with Crippen LogP contribution in [0.1, 0.15) is 133 Å².